The first-order valence-electron chi connectivity index (χ1n) is 6.89. The Kier molecular flexibility index (Phi) is 3.29. The lowest BCUT2D eigenvalue weighted by Gasteiger charge is -2.07. The second-order valence-electron chi connectivity index (χ2n) is 4.87. The standard InChI is InChI=1S/C14H14N6S2/c1-8-7-18-12-11(16-3-2-15)19-9-6-10(13-17-4-5-21-13)22-14(9)20(8)12/h4-7H,2-3,15H2,1H3,(H,16,19). The van der Waals surface area contributed by atoms with E-state index < -0.39 is 0 Å². The smallest absolute Gasteiger partial charge is 0.181 e. The SMILES string of the molecule is Cc1cnc2c(NCCN)nc3cc(-c4nccs4)sc3n12. The molecule has 0 saturated heterocycles. The number of fused-ring (bicyclic) bond motifs is 3. The molecule has 0 fully saturated rings. The van der Waals surface area contributed by atoms with Crippen molar-refractivity contribution in [1.82, 2.24) is 19.4 Å². The van der Waals surface area contributed by atoms with Crippen molar-refractivity contribution in [3.8, 4) is 9.88 Å². The zero-order valence-electron chi connectivity index (χ0n) is 11.9. The number of rotatable bonds is 4. The van der Waals surface area contributed by atoms with Crippen molar-refractivity contribution >= 4 is 44.5 Å². The van der Waals surface area contributed by atoms with E-state index in [0.717, 1.165) is 37.4 Å². The van der Waals surface area contributed by atoms with Crippen molar-refractivity contribution in [2.24, 2.45) is 5.73 Å². The summed E-state index contributed by atoms with van der Waals surface area (Å²) in [4.78, 5) is 15.8. The number of nitrogens with zero attached hydrogens (tertiary/aromatic N) is 4. The number of nitrogens with one attached hydrogen (secondary N) is 1. The third kappa shape index (κ3) is 2.07. The van der Waals surface area contributed by atoms with Gasteiger partial charge in [-0.05, 0) is 13.0 Å². The average Bonchev–Trinajstić information content (AvgIpc) is 3.23. The minimum Gasteiger partial charge on any atom is -0.366 e. The summed E-state index contributed by atoms with van der Waals surface area (Å²) in [5.41, 5.74) is 8.46. The third-order valence-electron chi connectivity index (χ3n) is 3.36. The molecule has 0 aromatic carbocycles. The molecule has 4 rings (SSSR count). The van der Waals surface area contributed by atoms with Crippen LogP contribution in [0.2, 0.25) is 0 Å². The zero-order valence-corrected chi connectivity index (χ0v) is 13.5. The van der Waals surface area contributed by atoms with Gasteiger partial charge in [0, 0.05) is 36.6 Å². The number of nitrogens with two attached hydrogens (primary N) is 1. The first-order valence-corrected chi connectivity index (χ1v) is 8.59. The highest BCUT2D eigenvalue weighted by molar-refractivity contribution is 7.25. The Morgan fingerprint density at radius 3 is 3.05 bits per heavy atom. The molecule has 4 heterocycles. The molecule has 0 aliphatic heterocycles. The molecule has 0 aliphatic carbocycles. The summed E-state index contributed by atoms with van der Waals surface area (Å²) in [5, 5.41) is 6.26. The monoisotopic (exact) mass is 330 g/mol. The lowest BCUT2D eigenvalue weighted by atomic mass is 10.4. The molecular formula is C14H14N6S2. The Bertz CT molecular complexity index is 937. The predicted molar refractivity (Wildman–Crippen MR) is 91.8 cm³/mol. The van der Waals surface area contributed by atoms with Gasteiger partial charge < -0.3 is 11.1 Å². The number of aromatic nitrogens is 4. The van der Waals surface area contributed by atoms with Crippen LogP contribution in [-0.4, -0.2) is 32.4 Å². The van der Waals surface area contributed by atoms with Crippen molar-refractivity contribution in [3.63, 3.8) is 0 Å². The molecule has 4 aromatic rings. The van der Waals surface area contributed by atoms with Gasteiger partial charge in [-0.1, -0.05) is 0 Å². The Morgan fingerprint density at radius 2 is 2.27 bits per heavy atom. The van der Waals surface area contributed by atoms with E-state index in [1.54, 1.807) is 22.7 Å². The van der Waals surface area contributed by atoms with Crippen molar-refractivity contribution in [2.75, 3.05) is 18.4 Å². The number of anilines is 1. The fraction of sp³-hybridized carbons (Fsp3) is 0.214. The number of thiazole rings is 1. The molecule has 0 saturated carbocycles. The summed E-state index contributed by atoms with van der Waals surface area (Å²) in [6.07, 6.45) is 3.69. The minimum absolute atomic E-state index is 0.555. The first kappa shape index (κ1) is 13.6. The van der Waals surface area contributed by atoms with Crippen LogP contribution in [0.5, 0.6) is 0 Å². The van der Waals surface area contributed by atoms with Gasteiger partial charge in [-0.15, -0.1) is 22.7 Å². The van der Waals surface area contributed by atoms with Crippen LogP contribution in [0.15, 0.2) is 23.8 Å². The van der Waals surface area contributed by atoms with Crippen molar-refractivity contribution in [3.05, 3.63) is 29.5 Å². The highest BCUT2D eigenvalue weighted by Gasteiger charge is 2.15. The molecule has 0 unspecified atom stereocenters. The van der Waals surface area contributed by atoms with Gasteiger partial charge in [-0.2, -0.15) is 0 Å². The highest BCUT2D eigenvalue weighted by atomic mass is 32.1. The molecule has 0 spiro atoms. The van der Waals surface area contributed by atoms with Crippen LogP contribution in [-0.2, 0) is 0 Å². The normalized spacial score (nSPS) is 11.5. The van der Waals surface area contributed by atoms with Gasteiger partial charge in [-0.25, -0.2) is 15.0 Å². The van der Waals surface area contributed by atoms with Gasteiger partial charge >= 0.3 is 0 Å². The van der Waals surface area contributed by atoms with E-state index in [-0.39, 0.29) is 0 Å². The number of aryl methyl sites for hydroxylation is 1. The molecule has 3 N–H and O–H groups in total. The van der Waals surface area contributed by atoms with Gasteiger partial charge in [0.2, 0.25) is 0 Å². The number of hydrogen-bond donors (Lipinski definition) is 2. The fourth-order valence-corrected chi connectivity index (χ4v) is 4.27. The summed E-state index contributed by atoms with van der Waals surface area (Å²) in [6, 6.07) is 2.09. The second-order valence-corrected chi connectivity index (χ2v) is 6.80. The zero-order chi connectivity index (χ0) is 15.1. The van der Waals surface area contributed by atoms with Crippen molar-refractivity contribution in [1.29, 1.82) is 0 Å². The van der Waals surface area contributed by atoms with Gasteiger partial charge in [0.25, 0.3) is 0 Å². The molecule has 8 heteroatoms. The number of thiophene rings is 1. The maximum atomic E-state index is 5.58. The Hall–Kier alpha value is -2.03. The lowest BCUT2D eigenvalue weighted by Crippen LogP contribution is -2.14. The number of hydrogen-bond acceptors (Lipinski definition) is 7. The van der Waals surface area contributed by atoms with E-state index in [2.05, 4.69) is 32.7 Å². The first-order chi connectivity index (χ1) is 10.8. The molecule has 0 amide bonds. The molecule has 6 nitrogen and oxygen atoms in total. The molecular weight excluding hydrogens is 316 g/mol. The maximum absolute atomic E-state index is 5.58. The second kappa shape index (κ2) is 5.31. The lowest BCUT2D eigenvalue weighted by molar-refractivity contribution is 1.01. The predicted octanol–water partition coefficient (Wildman–Crippen LogP) is 2.75. The Labute approximate surface area is 134 Å². The fourth-order valence-electron chi connectivity index (χ4n) is 2.40. The van der Waals surface area contributed by atoms with Crippen molar-refractivity contribution < 1.29 is 0 Å². The Morgan fingerprint density at radius 1 is 1.36 bits per heavy atom. The van der Waals surface area contributed by atoms with Crippen LogP contribution in [0.3, 0.4) is 0 Å². The van der Waals surface area contributed by atoms with Crippen LogP contribution in [0.25, 0.3) is 25.9 Å². The number of imidazole rings is 1. The molecule has 0 radical (unpaired) electrons. The van der Waals surface area contributed by atoms with E-state index in [1.807, 2.05) is 17.8 Å². The third-order valence-corrected chi connectivity index (χ3v) is 5.41. The molecule has 112 valence electrons. The van der Waals surface area contributed by atoms with Gasteiger partial charge in [0.1, 0.15) is 15.4 Å². The highest BCUT2D eigenvalue weighted by Crippen LogP contribution is 2.35. The van der Waals surface area contributed by atoms with Crippen LogP contribution in [0.1, 0.15) is 5.69 Å². The van der Waals surface area contributed by atoms with Crippen LogP contribution < -0.4 is 11.1 Å². The van der Waals surface area contributed by atoms with E-state index in [4.69, 9.17) is 10.7 Å². The molecule has 0 bridgehead atoms. The van der Waals surface area contributed by atoms with E-state index in [0.29, 0.717) is 13.1 Å². The minimum atomic E-state index is 0.555. The van der Waals surface area contributed by atoms with Crippen LogP contribution in [0.4, 0.5) is 5.82 Å². The van der Waals surface area contributed by atoms with E-state index >= 15 is 0 Å². The topological polar surface area (TPSA) is 81.1 Å². The molecule has 22 heavy (non-hydrogen) atoms. The van der Waals surface area contributed by atoms with Crippen LogP contribution in [0, 0.1) is 6.92 Å². The summed E-state index contributed by atoms with van der Waals surface area (Å²) in [7, 11) is 0. The average molecular weight is 330 g/mol. The van der Waals surface area contributed by atoms with Gasteiger partial charge in [0.05, 0.1) is 4.88 Å². The molecule has 4 aromatic heterocycles. The summed E-state index contributed by atoms with van der Waals surface area (Å²) in [5.74, 6) is 0.773. The summed E-state index contributed by atoms with van der Waals surface area (Å²) >= 11 is 3.33. The molecule has 0 atom stereocenters. The van der Waals surface area contributed by atoms with E-state index in [9.17, 15) is 0 Å². The largest absolute Gasteiger partial charge is 0.366 e. The quantitative estimate of drug-likeness (QED) is 0.601. The van der Waals surface area contributed by atoms with Crippen molar-refractivity contribution in [2.45, 2.75) is 6.92 Å². The van der Waals surface area contributed by atoms with Gasteiger partial charge in [-0.3, -0.25) is 4.40 Å². The molecule has 0 aliphatic rings. The van der Waals surface area contributed by atoms with Crippen LogP contribution >= 0.6 is 22.7 Å². The van der Waals surface area contributed by atoms with Gasteiger partial charge in [0.15, 0.2) is 11.5 Å². The maximum Gasteiger partial charge on any atom is 0.181 e. The van der Waals surface area contributed by atoms with E-state index in [1.165, 1.54) is 0 Å². The summed E-state index contributed by atoms with van der Waals surface area (Å²) in [6.45, 7) is 3.28. The Balaban J connectivity index is 1.98. The summed E-state index contributed by atoms with van der Waals surface area (Å²) < 4.78 is 2.14.